The van der Waals surface area contributed by atoms with Crippen LogP contribution in [-0.2, 0) is 57.1 Å². The lowest BCUT2D eigenvalue weighted by Crippen LogP contribution is -2.31. The van der Waals surface area contributed by atoms with Crippen LogP contribution in [0.5, 0.6) is 0 Å². The summed E-state index contributed by atoms with van der Waals surface area (Å²) < 4.78 is 33.7. The van der Waals surface area contributed by atoms with Gasteiger partial charge in [-0.15, -0.1) is 25.5 Å². The summed E-state index contributed by atoms with van der Waals surface area (Å²) in [7, 11) is 0. The molecule has 0 saturated carbocycles. The summed E-state index contributed by atoms with van der Waals surface area (Å²) in [5, 5.41) is 5.87. The van der Waals surface area contributed by atoms with Gasteiger partial charge in [0, 0.05) is 41.1 Å². The van der Waals surface area contributed by atoms with Gasteiger partial charge in [0.15, 0.2) is 0 Å². The van der Waals surface area contributed by atoms with Gasteiger partial charge in [-0.1, -0.05) is 135 Å². The molecule has 0 spiro atoms. The highest BCUT2D eigenvalue weighted by molar-refractivity contribution is 7.80. The minimum Gasteiger partial charge on any atom is -0.499 e. The van der Waals surface area contributed by atoms with Gasteiger partial charge in [-0.05, 0) is 126 Å². The van der Waals surface area contributed by atoms with Crippen molar-refractivity contribution in [3.8, 4) is 12.3 Å². The average Bonchev–Trinajstić information content (AvgIpc) is 4.18. The van der Waals surface area contributed by atoms with Gasteiger partial charge in [-0.2, -0.15) is 12.6 Å². The number of hydrogen-bond acceptors (Lipinski definition) is 13. The Morgan fingerprint density at radius 3 is 1.11 bits per heavy atom. The van der Waals surface area contributed by atoms with Crippen molar-refractivity contribution in [2.45, 2.75) is 228 Å². The number of esters is 3. The highest BCUT2D eigenvalue weighted by Crippen LogP contribution is 2.19. The lowest BCUT2D eigenvalue weighted by Gasteiger charge is -2.29. The van der Waals surface area contributed by atoms with Crippen molar-refractivity contribution in [3.05, 3.63) is 101 Å². The summed E-state index contributed by atoms with van der Waals surface area (Å²) in [5.41, 5.74) is 1.01. The number of terminal acetylenes is 1. The molecule has 0 radical (unpaired) electrons. The number of rotatable bonds is 18. The molecule has 1 atom stereocenters. The fourth-order valence-electron chi connectivity index (χ4n) is 3.07. The Hall–Kier alpha value is -5.14. The molecule has 2 aliphatic rings. The summed E-state index contributed by atoms with van der Waals surface area (Å²) in [6, 6.07) is 0.412. The van der Waals surface area contributed by atoms with Gasteiger partial charge in [0.25, 0.3) is 0 Å². The Labute approximate surface area is 510 Å². The van der Waals surface area contributed by atoms with E-state index in [9.17, 15) is 24.0 Å². The van der Waals surface area contributed by atoms with Crippen molar-refractivity contribution in [3.63, 3.8) is 0 Å². The molecule has 2 saturated heterocycles. The van der Waals surface area contributed by atoms with Crippen molar-refractivity contribution in [2.75, 3.05) is 26.4 Å². The van der Waals surface area contributed by atoms with E-state index in [1.165, 1.54) is 12.3 Å². The highest BCUT2D eigenvalue weighted by atomic mass is 32.1. The Bertz CT molecular complexity index is 1600. The Kier molecular flexibility index (Phi) is 84.6. The van der Waals surface area contributed by atoms with Crippen LogP contribution in [0, 0.1) is 47.9 Å². The quantitative estimate of drug-likeness (QED) is 0.0173. The summed E-state index contributed by atoms with van der Waals surface area (Å²) in [6.07, 6.45) is 14.7. The van der Waals surface area contributed by atoms with Gasteiger partial charge >= 0.3 is 17.9 Å². The molecule has 482 valence electrons. The van der Waals surface area contributed by atoms with E-state index in [2.05, 4.69) is 133 Å². The van der Waals surface area contributed by atoms with Gasteiger partial charge < -0.3 is 43.8 Å². The summed E-state index contributed by atoms with van der Waals surface area (Å²) >= 11 is 3.97. The molecule has 2 rings (SSSR count). The zero-order chi connectivity index (χ0) is 67.3. The van der Waals surface area contributed by atoms with E-state index in [0.29, 0.717) is 47.0 Å². The van der Waals surface area contributed by atoms with E-state index in [4.69, 9.17) is 30.1 Å². The molecule has 14 nitrogen and oxygen atoms in total. The molecule has 2 N–H and O–H groups in total. The third-order valence-corrected chi connectivity index (χ3v) is 7.73. The zero-order valence-corrected chi connectivity index (χ0v) is 57.9. The van der Waals surface area contributed by atoms with Gasteiger partial charge in [-0.3, -0.25) is 14.4 Å². The first-order valence-electron chi connectivity index (χ1n) is 28.4. The maximum atomic E-state index is 10.7. The third-order valence-electron chi connectivity index (χ3n) is 7.73. The van der Waals surface area contributed by atoms with Gasteiger partial charge in [-0.25, -0.2) is 9.59 Å². The number of carbonyl (C=O) groups excluding carboxylic acids is 5. The molecule has 2 heterocycles. The van der Waals surface area contributed by atoms with Crippen molar-refractivity contribution < 1.29 is 57.1 Å². The predicted octanol–water partition coefficient (Wildman–Crippen LogP) is 15.7. The first kappa shape index (κ1) is 98.9. The standard InChI is InChI=1S/C7H13NO.C7H12O2.C6H11NO.2C6H10O2.2C6H12O.2C5H10O.C5H10.C5H8.C3H8S/c1-5(2)7(9)8-6(3)4;1-5(2)7(8)9-6(3)4;1-4-6(8)7-5(2)3;1-4-8-6(7)5(2)3;1-4-6(7)8-5(2)3;1-5(2)6-3-7-4-6;1-4-5-7-6(2)3;1-4(2)5-3-6-5;1-4-6-5(2)3;2*1-4-5(2)3;1-3(2)4/h6H,1H2,2-4H3,(H,8,9);6H,1H2,2-4H3;4-5H,1H2,2-3H3,(H,7,8);2*4-5H,1H2,2-3H3;5-6H,3-4H2,1-2H3;4,6H,1,5H2,2-3H3;4-5H,3H2,1-2H3;4-5H,1H2,2-3H3;4-5H,1H2,2-3H3;1,5H,2-3H3;3-4H,1-2H3. The lowest BCUT2D eigenvalue weighted by atomic mass is 9.95. The van der Waals surface area contributed by atoms with Crippen LogP contribution < -0.4 is 10.6 Å². The van der Waals surface area contributed by atoms with Crippen LogP contribution in [0.2, 0.25) is 0 Å². The van der Waals surface area contributed by atoms with E-state index >= 15 is 0 Å². The first-order valence-corrected chi connectivity index (χ1v) is 28.9. The fraction of sp³-hybridized carbons (Fsp3) is 0.657. The molecule has 15 heteroatoms. The second-order valence-electron chi connectivity index (χ2n) is 21.5. The van der Waals surface area contributed by atoms with Gasteiger partial charge in [0.05, 0.1) is 75.4 Å². The molecule has 0 aromatic rings. The van der Waals surface area contributed by atoms with Crippen LogP contribution >= 0.6 is 12.6 Å². The number of ether oxygens (including phenoxy) is 7. The number of nitrogens with one attached hydrogen (secondary N) is 2. The van der Waals surface area contributed by atoms with Gasteiger partial charge in [0.2, 0.25) is 11.8 Å². The Balaban J connectivity index is -0.0000000867. The Morgan fingerprint density at radius 2 is 1.04 bits per heavy atom. The van der Waals surface area contributed by atoms with Crippen LogP contribution in [-0.4, -0.2) is 104 Å². The molecule has 0 aromatic heterocycles. The second-order valence-corrected chi connectivity index (χ2v) is 22.6. The number of carbonyl (C=O) groups is 5. The maximum absolute atomic E-state index is 10.7. The summed E-state index contributed by atoms with van der Waals surface area (Å²) in [4.78, 5) is 52.5. The van der Waals surface area contributed by atoms with Crippen LogP contribution in [0.1, 0.15) is 180 Å². The summed E-state index contributed by atoms with van der Waals surface area (Å²) in [5.74, 6) is 4.87. The largest absolute Gasteiger partial charge is 0.499 e. The zero-order valence-electron chi connectivity index (χ0n) is 57.0. The molecule has 2 amide bonds. The SMILES string of the molecule is C#CC(C)C.C=C(C)C(=O)NC(C)C.C=C(C)C(=O)OC(C)C.C=CC(=O)NC(C)C.C=CC(=O)OC(C)C.C=CC(C)C.C=CCOC(C)C.C=COC(=O)C(C)C.C=COC(C)C.CC(C)C1CO1.CC(C)C1COC1.CC(C)S. The second kappa shape index (κ2) is 70.1. The normalized spacial score (nSPS) is 11.8. The molecule has 2 aliphatic heterocycles. The van der Waals surface area contributed by atoms with Gasteiger partial charge in [0.1, 0.15) is 0 Å². The average molecular weight is 1180 g/mol. The third kappa shape index (κ3) is 122. The minimum absolute atomic E-state index is 0.0412. The van der Waals surface area contributed by atoms with E-state index < -0.39 is 0 Å². The molecule has 82 heavy (non-hydrogen) atoms. The molecular weight excluding hydrogens is 1060 g/mol. The van der Waals surface area contributed by atoms with E-state index in [1.807, 2.05) is 89.2 Å². The molecule has 0 aromatic carbocycles. The van der Waals surface area contributed by atoms with Crippen molar-refractivity contribution in [2.24, 2.45) is 35.5 Å². The molecular formula is C67H126N2O12S. The van der Waals surface area contributed by atoms with Crippen molar-refractivity contribution in [1.29, 1.82) is 0 Å². The van der Waals surface area contributed by atoms with Crippen molar-refractivity contribution >= 4 is 42.4 Å². The first-order chi connectivity index (χ1) is 37.5. The van der Waals surface area contributed by atoms with Crippen LogP contribution in [0.4, 0.5) is 0 Å². The molecule has 1 unspecified atom stereocenters. The van der Waals surface area contributed by atoms with E-state index in [1.54, 1.807) is 61.5 Å². The minimum atomic E-state index is -0.361. The predicted molar refractivity (Wildman–Crippen MR) is 354 cm³/mol. The number of amides is 2. The van der Waals surface area contributed by atoms with E-state index in [-0.39, 0.29) is 66.0 Å². The molecule has 0 bridgehead atoms. The number of epoxide rings is 1. The Morgan fingerprint density at radius 1 is 0.622 bits per heavy atom. The number of thiol groups is 1. The highest BCUT2D eigenvalue weighted by Gasteiger charge is 2.25. The fourth-order valence-corrected chi connectivity index (χ4v) is 3.07. The maximum Gasteiger partial charge on any atom is 0.333 e. The smallest absolute Gasteiger partial charge is 0.333 e. The lowest BCUT2D eigenvalue weighted by molar-refractivity contribution is -0.143. The van der Waals surface area contributed by atoms with Crippen molar-refractivity contribution in [1.82, 2.24) is 10.6 Å². The number of hydrogen-bond donors (Lipinski definition) is 3. The molecule has 0 aliphatic carbocycles. The summed E-state index contributed by atoms with van der Waals surface area (Å²) in [6.45, 7) is 81.5. The van der Waals surface area contributed by atoms with Crippen LogP contribution in [0.15, 0.2) is 101 Å². The molecule has 2 fully saturated rings. The monoisotopic (exact) mass is 1180 g/mol. The van der Waals surface area contributed by atoms with Crippen LogP contribution in [0.25, 0.3) is 0 Å². The number of allylic oxidation sites excluding steroid dienone is 1. The van der Waals surface area contributed by atoms with E-state index in [0.717, 1.165) is 49.9 Å². The topological polar surface area (TPSA) is 177 Å². The van der Waals surface area contributed by atoms with Crippen LogP contribution in [0.3, 0.4) is 0 Å².